The van der Waals surface area contributed by atoms with E-state index in [2.05, 4.69) is 43.4 Å². The van der Waals surface area contributed by atoms with Crippen LogP contribution in [0.1, 0.15) is 64.0 Å². The van der Waals surface area contributed by atoms with Gasteiger partial charge in [0.05, 0.1) is 0 Å². The first-order valence-electron chi connectivity index (χ1n) is 8.30. The Morgan fingerprint density at radius 1 is 1.25 bits per heavy atom. The highest BCUT2D eigenvalue weighted by atomic mass is 16.5. The van der Waals surface area contributed by atoms with Crippen molar-refractivity contribution < 1.29 is 4.74 Å². The summed E-state index contributed by atoms with van der Waals surface area (Å²) >= 11 is 0. The Bertz CT molecular complexity index is 458. The Kier molecular flexibility index (Phi) is 4.02. The molecule has 1 fully saturated rings. The molecule has 0 saturated heterocycles. The summed E-state index contributed by atoms with van der Waals surface area (Å²) in [6.07, 6.45) is 7.62. The third-order valence-electron chi connectivity index (χ3n) is 5.25. The van der Waals surface area contributed by atoms with Gasteiger partial charge in [-0.1, -0.05) is 38.5 Å². The summed E-state index contributed by atoms with van der Waals surface area (Å²) in [5.74, 6) is 1.83. The molecular weight excluding hydrogens is 246 g/mol. The summed E-state index contributed by atoms with van der Waals surface area (Å²) in [6, 6.07) is 9.06. The molecule has 1 aromatic rings. The third-order valence-corrected chi connectivity index (χ3v) is 5.25. The van der Waals surface area contributed by atoms with Crippen LogP contribution >= 0.6 is 0 Å². The topological polar surface area (TPSA) is 21.3 Å². The summed E-state index contributed by atoms with van der Waals surface area (Å²) in [7, 11) is 0. The maximum absolute atomic E-state index is 6.60. The summed E-state index contributed by atoms with van der Waals surface area (Å²) in [5.41, 5.74) is 1.43. The van der Waals surface area contributed by atoms with Crippen molar-refractivity contribution in [1.82, 2.24) is 5.32 Å². The molecule has 2 aliphatic rings. The average Bonchev–Trinajstić information content (AvgIpc) is 2.48. The number of ether oxygens (including phenoxy) is 1. The highest BCUT2D eigenvalue weighted by Crippen LogP contribution is 2.49. The van der Waals surface area contributed by atoms with Crippen LogP contribution < -0.4 is 10.1 Å². The lowest BCUT2D eigenvalue weighted by Crippen LogP contribution is -2.51. The van der Waals surface area contributed by atoms with E-state index in [9.17, 15) is 0 Å². The molecule has 3 rings (SSSR count). The van der Waals surface area contributed by atoms with E-state index in [1.165, 1.54) is 37.7 Å². The zero-order valence-corrected chi connectivity index (χ0v) is 12.8. The molecule has 1 N–H and O–H groups in total. The van der Waals surface area contributed by atoms with Crippen molar-refractivity contribution in [3.05, 3.63) is 29.8 Å². The van der Waals surface area contributed by atoms with E-state index >= 15 is 0 Å². The monoisotopic (exact) mass is 273 g/mol. The van der Waals surface area contributed by atoms with Gasteiger partial charge in [0.1, 0.15) is 11.4 Å². The number of rotatable bonds is 3. The number of fused-ring (bicyclic) bond motifs is 1. The van der Waals surface area contributed by atoms with Crippen molar-refractivity contribution in [2.75, 3.05) is 6.54 Å². The smallest absolute Gasteiger partial charge is 0.124 e. The fraction of sp³-hybridized carbons (Fsp3) is 0.667. The maximum Gasteiger partial charge on any atom is 0.124 e. The van der Waals surface area contributed by atoms with Crippen LogP contribution in [-0.2, 0) is 0 Å². The maximum atomic E-state index is 6.60. The predicted molar refractivity (Wildman–Crippen MR) is 83.1 cm³/mol. The van der Waals surface area contributed by atoms with E-state index in [0.29, 0.717) is 12.0 Å². The minimum Gasteiger partial charge on any atom is -0.487 e. The van der Waals surface area contributed by atoms with Crippen molar-refractivity contribution in [2.24, 2.45) is 5.92 Å². The van der Waals surface area contributed by atoms with Gasteiger partial charge < -0.3 is 10.1 Å². The molecule has 1 heterocycles. The van der Waals surface area contributed by atoms with E-state index < -0.39 is 0 Å². The van der Waals surface area contributed by atoms with Crippen LogP contribution in [0.15, 0.2) is 24.3 Å². The standard InChI is InChI=1S/C18H27NO/c1-3-14-9-7-8-12-18(14)13-16(19-4-2)15-10-5-6-11-17(15)20-18/h5-6,10-11,14,16,19H,3-4,7-9,12-13H2,1-2H3. The molecule has 0 bridgehead atoms. The molecule has 0 amide bonds. The van der Waals surface area contributed by atoms with Gasteiger partial charge in [0, 0.05) is 18.0 Å². The summed E-state index contributed by atoms with van der Waals surface area (Å²) in [6.45, 7) is 5.54. The lowest BCUT2D eigenvalue weighted by Gasteiger charge is -2.49. The number of nitrogens with one attached hydrogen (secondary N) is 1. The van der Waals surface area contributed by atoms with Crippen LogP contribution in [0.3, 0.4) is 0 Å². The highest BCUT2D eigenvalue weighted by Gasteiger charge is 2.46. The van der Waals surface area contributed by atoms with E-state index in [4.69, 9.17) is 4.74 Å². The van der Waals surface area contributed by atoms with Crippen molar-refractivity contribution in [3.8, 4) is 5.75 Å². The fourth-order valence-corrected chi connectivity index (χ4v) is 4.27. The van der Waals surface area contributed by atoms with Gasteiger partial charge in [-0.25, -0.2) is 0 Å². The van der Waals surface area contributed by atoms with Crippen LogP contribution in [0.25, 0.3) is 0 Å². The zero-order valence-electron chi connectivity index (χ0n) is 12.8. The van der Waals surface area contributed by atoms with Gasteiger partial charge in [0.25, 0.3) is 0 Å². The second-order valence-corrected chi connectivity index (χ2v) is 6.37. The first-order valence-corrected chi connectivity index (χ1v) is 8.30. The Morgan fingerprint density at radius 2 is 2.10 bits per heavy atom. The third kappa shape index (κ3) is 2.35. The van der Waals surface area contributed by atoms with Gasteiger partial charge in [-0.3, -0.25) is 0 Å². The molecule has 2 nitrogen and oxygen atoms in total. The molecule has 20 heavy (non-hydrogen) atoms. The summed E-state index contributed by atoms with van der Waals surface area (Å²) < 4.78 is 6.60. The van der Waals surface area contributed by atoms with Gasteiger partial charge in [-0.2, -0.15) is 0 Å². The number of hydrogen-bond donors (Lipinski definition) is 1. The van der Waals surface area contributed by atoms with Crippen LogP contribution in [0.2, 0.25) is 0 Å². The molecule has 0 radical (unpaired) electrons. The van der Waals surface area contributed by atoms with Gasteiger partial charge in [0.2, 0.25) is 0 Å². The van der Waals surface area contributed by atoms with Crippen LogP contribution in [0.4, 0.5) is 0 Å². The molecule has 110 valence electrons. The van der Waals surface area contributed by atoms with Crippen LogP contribution in [0, 0.1) is 5.92 Å². The number of hydrogen-bond acceptors (Lipinski definition) is 2. The SMILES string of the molecule is CCNC1CC2(CCCCC2CC)Oc2ccccc21. The molecule has 1 aromatic carbocycles. The van der Waals surface area contributed by atoms with E-state index in [1.54, 1.807) is 0 Å². The van der Waals surface area contributed by atoms with Gasteiger partial charge in [0.15, 0.2) is 0 Å². The first-order chi connectivity index (χ1) is 9.79. The number of benzene rings is 1. The quantitative estimate of drug-likeness (QED) is 0.878. The first kappa shape index (κ1) is 13.9. The van der Waals surface area contributed by atoms with Crippen molar-refractivity contribution in [3.63, 3.8) is 0 Å². The Morgan fingerprint density at radius 3 is 2.90 bits per heavy atom. The Labute approximate surface area is 122 Å². The molecule has 3 unspecified atom stereocenters. The molecular formula is C18H27NO. The summed E-state index contributed by atoms with van der Waals surface area (Å²) in [5, 5.41) is 3.68. The molecule has 3 atom stereocenters. The molecule has 1 spiro atoms. The van der Waals surface area contributed by atoms with Crippen LogP contribution in [0.5, 0.6) is 5.75 Å². The van der Waals surface area contributed by atoms with E-state index in [1.807, 2.05) is 0 Å². The molecule has 1 aliphatic carbocycles. The second kappa shape index (κ2) is 5.77. The number of para-hydroxylation sites is 1. The summed E-state index contributed by atoms with van der Waals surface area (Å²) in [4.78, 5) is 0. The minimum atomic E-state index is 0.0776. The average molecular weight is 273 g/mol. The normalized spacial score (nSPS) is 32.7. The van der Waals surface area contributed by atoms with Gasteiger partial charge >= 0.3 is 0 Å². The van der Waals surface area contributed by atoms with Crippen molar-refractivity contribution >= 4 is 0 Å². The molecule has 1 aliphatic heterocycles. The molecule has 1 saturated carbocycles. The van der Waals surface area contributed by atoms with Gasteiger partial charge in [-0.15, -0.1) is 0 Å². The minimum absolute atomic E-state index is 0.0776. The largest absolute Gasteiger partial charge is 0.487 e. The van der Waals surface area contributed by atoms with Crippen molar-refractivity contribution in [1.29, 1.82) is 0 Å². The fourth-order valence-electron chi connectivity index (χ4n) is 4.27. The Hall–Kier alpha value is -1.02. The molecule has 2 heteroatoms. The van der Waals surface area contributed by atoms with E-state index in [-0.39, 0.29) is 5.60 Å². The molecule has 0 aromatic heterocycles. The lowest BCUT2D eigenvalue weighted by atomic mass is 9.69. The second-order valence-electron chi connectivity index (χ2n) is 6.37. The van der Waals surface area contributed by atoms with Crippen LogP contribution in [-0.4, -0.2) is 12.1 Å². The lowest BCUT2D eigenvalue weighted by molar-refractivity contribution is -0.0522. The highest BCUT2D eigenvalue weighted by molar-refractivity contribution is 5.39. The zero-order chi connectivity index (χ0) is 14.0. The van der Waals surface area contributed by atoms with E-state index in [0.717, 1.165) is 18.7 Å². The van der Waals surface area contributed by atoms with Gasteiger partial charge in [-0.05, 0) is 44.2 Å². The van der Waals surface area contributed by atoms with Crippen molar-refractivity contribution in [2.45, 2.75) is 64.0 Å². The Balaban J connectivity index is 1.95. The predicted octanol–water partition coefficient (Wildman–Crippen LogP) is 4.46.